The third-order valence-corrected chi connectivity index (χ3v) is 3.20. The van der Waals surface area contributed by atoms with Crippen LogP contribution in [0.4, 0.5) is 5.69 Å². The van der Waals surface area contributed by atoms with Crippen LogP contribution < -0.4 is 5.73 Å². The van der Waals surface area contributed by atoms with Gasteiger partial charge < -0.3 is 5.73 Å². The summed E-state index contributed by atoms with van der Waals surface area (Å²) in [5.74, 6) is 0. The predicted molar refractivity (Wildman–Crippen MR) is 61.9 cm³/mol. The summed E-state index contributed by atoms with van der Waals surface area (Å²) in [6.07, 6.45) is 0. The van der Waals surface area contributed by atoms with Crippen molar-refractivity contribution in [3.05, 3.63) is 40.2 Å². The third-order valence-electron chi connectivity index (χ3n) is 1.80. The van der Waals surface area contributed by atoms with Gasteiger partial charge in [-0.2, -0.15) is 0 Å². The first-order chi connectivity index (χ1) is 6.27. The maximum atomic E-state index is 5.89. The molecule has 0 radical (unpaired) electrons. The van der Waals surface area contributed by atoms with Gasteiger partial charge in [-0.3, -0.25) is 0 Å². The largest absolute Gasteiger partial charge is 0.398 e. The maximum absolute atomic E-state index is 5.89. The van der Waals surface area contributed by atoms with E-state index in [-0.39, 0.29) is 0 Å². The van der Waals surface area contributed by atoms with Crippen LogP contribution in [-0.4, -0.2) is 0 Å². The van der Waals surface area contributed by atoms with Crippen LogP contribution in [0.2, 0.25) is 0 Å². The van der Waals surface area contributed by atoms with E-state index >= 15 is 0 Å². The molecule has 0 atom stereocenters. The minimum absolute atomic E-state index is 0.817. The van der Waals surface area contributed by atoms with Crippen LogP contribution in [0.25, 0.3) is 10.4 Å². The molecule has 0 amide bonds. The summed E-state index contributed by atoms with van der Waals surface area (Å²) in [7, 11) is 0. The second kappa shape index (κ2) is 3.52. The minimum Gasteiger partial charge on any atom is -0.398 e. The smallest absolute Gasteiger partial charge is 0.0413 e. The molecule has 0 fully saturated rings. The Labute approximate surface area is 89.3 Å². The van der Waals surface area contributed by atoms with Gasteiger partial charge in [0.1, 0.15) is 0 Å². The Hall–Kier alpha value is -0.800. The highest BCUT2D eigenvalue weighted by molar-refractivity contribution is 9.10. The number of thiophene rings is 1. The molecule has 2 rings (SSSR count). The van der Waals surface area contributed by atoms with E-state index in [0.717, 1.165) is 15.7 Å². The lowest BCUT2D eigenvalue weighted by Crippen LogP contribution is -1.87. The molecule has 0 aliphatic heterocycles. The van der Waals surface area contributed by atoms with Crippen LogP contribution in [-0.2, 0) is 0 Å². The van der Waals surface area contributed by atoms with Crippen molar-refractivity contribution < 1.29 is 0 Å². The van der Waals surface area contributed by atoms with Gasteiger partial charge in [-0.15, -0.1) is 11.3 Å². The van der Waals surface area contributed by atoms with Crippen molar-refractivity contribution in [2.45, 2.75) is 0 Å². The van der Waals surface area contributed by atoms with E-state index in [2.05, 4.69) is 27.4 Å². The van der Waals surface area contributed by atoms with E-state index in [0.29, 0.717) is 0 Å². The van der Waals surface area contributed by atoms with Crippen molar-refractivity contribution in [3.8, 4) is 10.4 Å². The third kappa shape index (κ3) is 1.76. The molecule has 66 valence electrons. The molecule has 0 saturated carbocycles. The molecule has 0 unspecified atom stereocenters. The highest BCUT2D eigenvalue weighted by atomic mass is 79.9. The second-order valence-electron chi connectivity index (χ2n) is 2.71. The summed E-state index contributed by atoms with van der Waals surface area (Å²) < 4.78 is 1.02. The molecule has 1 aromatic heterocycles. The standard InChI is InChI=1S/C10H8BrNS/c11-7-3-4-8(9(12)6-7)10-2-1-5-13-10/h1-6H,12H2. The zero-order chi connectivity index (χ0) is 9.26. The average molecular weight is 254 g/mol. The van der Waals surface area contributed by atoms with Crippen molar-refractivity contribution in [1.82, 2.24) is 0 Å². The van der Waals surface area contributed by atoms with E-state index in [9.17, 15) is 0 Å². The van der Waals surface area contributed by atoms with E-state index in [1.54, 1.807) is 11.3 Å². The van der Waals surface area contributed by atoms with Crippen LogP contribution in [0.5, 0.6) is 0 Å². The SMILES string of the molecule is Nc1cc(Br)ccc1-c1cccs1. The number of anilines is 1. The van der Waals surface area contributed by atoms with Crippen molar-refractivity contribution in [1.29, 1.82) is 0 Å². The quantitative estimate of drug-likeness (QED) is 0.770. The van der Waals surface area contributed by atoms with Crippen LogP contribution in [0.3, 0.4) is 0 Å². The molecule has 1 nitrogen and oxygen atoms in total. The van der Waals surface area contributed by atoms with Gasteiger partial charge >= 0.3 is 0 Å². The molecular weight excluding hydrogens is 246 g/mol. The topological polar surface area (TPSA) is 26.0 Å². The lowest BCUT2D eigenvalue weighted by molar-refractivity contribution is 1.63. The number of rotatable bonds is 1. The normalized spacial score (nSPS) is 10.2. The van der Waals surface area contributed by atoms with E-state index < -0.39 is 0 Å². The van der Waals surface area contributed by atoms with Gasteiger partial charge in [0.05, 0.1) is 0 Å². The minimum atomic E-state index is 0.817. The van der Waals surface area contributed by atoms with Gasteiger partial charge in [-0.05, 0) is 23.6 Å². The summed E-state index contributed by atoms with van der Waals surface area (Å²) in [5.41, 5.74) is 7.82. The van der Waals surface area contributed by atoms with Crippen LogP contribution in [0.15, 0.2) is 40.2 Å². The Morgan fingerprint density at radius 1 is 1.23 bits per heavy atom. The fraction of sp³-hybridized carbons (Fsp3) is 0. The first-order valence-electron chi connectivity index (χ1n) is 3.86. The number of benzene rings is 1. The van der Waals surface area contributed by atoms with Crippen LogP contribution in [0, 0.1) is 0 Å². The summed E-state index contributed by atoms with van der Waals surface area (Å²) >= 11 is 5.08. The van der Waals surface area contributed by atoms with E-state index in [1.165, 1.54) is 4.88 Å². The molecule has 3 heteroatoms. The van der Waals surface area contributed by atoms with Gasteiger partial charge in [0.2, 0.25) is 0 Å². The molecule has 13 heavy (non-hydrogen) atoms. The van der Waals surface area contributed by atoms with Crippen LogP contribution >= 0.6 is 27.3 Å². The van der Waals surface area contributed by atoms with Crippen molar-refractivity contribution in [2.75, 3.05) is 5.73 Å². The lowest BCUT2D eigenvalue weighted by Gasteiger charge is -2.02. The molecule has 0 aliphatic carbocycles. The Balaban J connectivity index is 2.53. The Kier molecular flexibility index (Phi) is 2.38. The summed E-state index contributed by atoms with van der Waals surface area (Å²) in [6, 6.07) is 10.1. The molecule has 2 N–H and O–H groups in total. The molecular formula is C10H8BrNS. The first kappa shape index (κ1) is 8.78. The van der Waals surface area contributed by atoms with E-state index in [1.807, 2.05) is 24.3 Å². The van der Waals surface area contributed by atoms with Crippen molar-refractivity contribution in [2.24, 2.45) is 0 Å². The highest BCUT2D eigenvalue weighted by Gasteiger charge is 2.02. The lowest BCUT2D eigenvalue weighted by atomic mass is 10.1. The van der Waals surface area contributed by atoms with E-state index in [4.69, 9.17) is 5.73 Å². The number of nitrogen functional groups attached to an aromatic ring is 1. The van der Waals surface area contributed by atoms with Gasteiger partial charge in [0.25, 0.3) is 0 Å². The number of halogens is 1. The fourth-order valence-corrected chi connectivity index (χ4v) is 2.34. The molecule has 0 spiro atoms. The molecule has 0 bridgehead atoms. The molecule has 2 aromatic rings. The number of hydrogen-bond donors (Lipinski definition) is 1. The first-order valence-corrected chi connectivity index (χ1v) is 5.53. The van der Waals surface area contributed by atoms with Gasteiger partial charge in [0, 0.05) is 20.6 Å². The van der Waals surface area contributed by atoms with Gasteiger partial charge in [-0.1, -0.05) is 28.1 Å². The Morgan fingerprint density at radius 2 is 2.08 bits per heavy atom. The summed E-state index contributed by atoms with van der Waals surface area (Å²) in [4.78, 5) is 1.21. The van der Waals surface area contributed by atoms with Crippen molar-refractivity contribution >= 4 is 33.0 Å². The monoisotopic (exact) mass is 253 g/mol. The predicted octanol–water partition coefficient (Wildman–Crippen LogP) is 3.76. The van der Waals surface area contributed by atoms with Crippen LogP contribution in [0.1, 0.15) is 0 Å². The fourth-order valence-electron chi connectivity index (χ4n) is 1.19. The summed E-state index contributed by atoms with van der Waals surface area (Å²) in [5, 5.41) is 2.05. The summed E-state index contributed by atoms with van der Waals surface area (Å²) in [6.45, 7) is 0. The molecule has 1 aromatic carbocycles. The number of hydrogen-bond acceptors (Lipinski definition) is 2. The zero-order valence-electron chi connectivity index (χ0n) is 6.83. The second-order valence-corrected chi connectivity index (χ2v) is 4.57. The molecule has 0 aliphatic rings. The number of nitrogens with two attached hydrogens (primary N) is 1. The maximum Gasteiger partial charge on any atom is 0.0413 e. The average Bonchev–Trinajstić information content (AvgIpc) is 2.56. The highest BCUT2D eigenvalue weighted by Crippen LogP contribution is 2.31. The Morgan fingerprint density at radius 3 is 2.69 bits per heavy atom. The van der Waals surface area contributed by atoms with Gasteiger partial charge in [0.15, 0.2) is 0 Å². The van der Waals surface area contributed by atoms with Gasteiger partial charge in [-0.25, -0.2) is 0 Å². The van der Waals surface area contributed by atoms with Crippen molar-refractivity contribution in [3.63, 3.8) is 0 Å². The molecule has 1 heterocycles. The Bertz CT molecular complexity index is 409. The molecule has 0 saturated heterocycles. The zero-order valence-corrected chi connectivity index (χ0v) is 9.23.